The van der Waals surface area contributed by atoms with E-state index in [0.717, 1.165) is 0 Å². The Balaban J connectivity index is 2.58. The minimum absolute atomic E-state index is 0.180. The molecular formula is C11H9ClN2O2. The van der Waals surface area contributed by atoms with E-state index in [2.05, 4.69) is 5.10 Å². The van der Waals surface area contributed by atoms with E-state index in [1.807, 2.05) is 12.1 Å². The van der Waals surface area contributed by atoms with Gasteiger partial charge in [-0.05, 0) is 19.1 Å². The summed E-state index contributed by atoms with van der Waals surface area (Å²) in [6.45, 7) is 1.69. The molecule has 0 aliphatic heterocycles. The molecular weight excluding hydrogens is 228 g/mol. The van der Waals surface area contributed by atoms with Crippen molar-refractivity contribution in [3.63, 3.8) is 0 Å². The highest BCUT2D eigenvalue weighted by Crippen LogP contribution is 2.21. The summed E-state index contributed by atoms with van der Waals surface area (Å²) in [5.74, 6) is -0.990. The number of hydrogen-bond donors (Lipinski definition) is 1. The molecule has 1 heterocycles. The minimum atomic E-state index is -0.990. The molecule has 0 spiro atoms. The Morgan fingerprint density at radius 2 is 2.12 bits per heavy atom. The van der Waals surface area contributed by atoms with E-state index in [1.54, 1.807) is 19.1 Å². The van der Waals surface area contributed by atoms with Crippen molar-refractivity contribution in [1.82, 2.24) is 9.78 Å². The van der Waals surface area contributed by atoms with Crippen molar-refractivity contribution >= 4 is 17.6 Å². The van der Waals surface area contributed by atoms with E-state index < -0.39 is 5.97 Å². The SMILES string of the molecule is Cc1c(C(=O)O)cnn1-c1ccccc1Cl. The number of carboxylic acid groups (broad SMARTS) is 1. The Morgan fingerprint density at radius 3 is 2.69 bits per heavy atom. The summed E-state index contributed by atoms with van der Waals surface area (Å²) in [7, 11) is 0. The zero-order valence-corrected chi connectivity index (χ0v) is 9.27. The number of carboxylic acids is 1. The Hall–Kier alpha value is -1.81. The van der Waals surface area contributed by atoms with E-state index in [9.17, 15) is 4.79 Å². The zero-order chi connectivity index (χ0) is 11.7. The second-order valence-electron chi connectivity index (χ2n) is 3.31. The molecule has 1 aromatic carbocycles. The van der Waals surface area contributed by atoms with Gasteiger partial charge in [0.15, 0.2) is 0 Å². The van der Waals surface area contributed by atoms with Crippen LogP contribution in [0, 0.1) is 6.92 Å². The van der Waals surface area contributed by atoms with Gasteiger partial charge in [-0.25, -0.2) is 9.48 Å². The summed E-state index contributed by atoms with van der Waals surface area (Å²) in [6.07, 6.45) is 1.32. The number of halogens is 1. The molecule has 0 fully saturated rings. The lowest BCUT2D eigenvalue weighted by Gasteiger charge is -2.06. The number of aromatic carboxylic acids is 1. The normalized spacial score (nSPS) is 10.4. The number of hydrogen-bond acceptors (Lipinski definition) is 2. The highest BCUT2D eigenvalue weighted by molar-refractivity contribution is 6.32. The largest absolute Gasteiger partial charge is 0.478 e. The number of carbonyl (C=O) groups is 1. The van der Waals surface area contributed by atoms with Gasteiger partial charge < -0.3 is 5.11 Å². The predicted molar refractivity (Wildman–Crippen MR) is 60.3 cm³/mol. The summed E-state index contributed by atoms with van der Waals surface area (Å²) in [6, 6.07) is 7.15. The maximum atomic E-state index is 10.9. The van der Waals surface area contributed by atoms with Crippen LogP contribution >= 0.6 is 11.6 Å². The van der Waals surface area contributed by atoms with Crippen LogP contribution in [0.4, 0.5) is 0 Å². The van der Waals surface area contributed by atoms with E-state index in [1.165, 1.54) is 10.9 Å². The zero-order valence-electron chi connectivity index (χ0n) is 8.51. The fourth-order valence-corrected chi connectivity index (χ4v) is 1.70. The molecule has 1 aromatic heterocycles. The topological polar surface area (TPSA) is 55.1 Å². The Bertz CT molecular complexity index is 549. The first-order chi connectivity index (χ1) is 7.61. The van der Waals surface area contributed by atoms with E-state index >= 15 is 0 Å². The Morgan fingerprint density at radius 1 is 1.44 bits per heavy atom. The van der Waals surface area contributed by atoms with Crippen LogP contribution in [-0.4, -0.2) is 20.9 Å². The highest BCUT2D eigenvalue weighted by atomic mass is 35.5. The molecule has 0 bridgehead atoms. The quantitative estimate of drug-likeness (QED) is 0.872. The van der Waals surface area contributed by atoms with Gasteiger partial charge in [0, 0.05) is 0 Å². The average Bonchev–Trinajstić information content (AvgIpc) is 2.61. The molecule has 2 rings (SSSR count). The molecule has 0 saturated carbocycles. The molecule has 82 valence electrons. The second kappa shape index (κ2) is 3.98. The van der Waals surface area contributed by atoms with E-state index in [0.29, 0.717) is 16.4 Å². The molecule has 16 heavy (non-hydrogen) atoms. The molecule has 0 aliphatic carbocycles. The van der Waals surface area contributed by atoms with Crippen molar-refractivity contribution in [3.05, 3.63) is 46.7 Å². The van der Waals surface area contributed by atoms with Gasteiger partial charge in [-0.1, -0.05) is 23.7 Å². The third-order valence-corrected chi connectivity index (χ3v) is 2.64. The summed E-state index contributed by atoms with van der Waals surface area (Å²) in [5.41, 5.74) is 1.41. The van der Waals surface area contributed by atoms with Gasteiger partial charge >= 0.3 is 5.97 Å². The smallest absolute Gasteiger partial charge is 0.339 e. The monoisotopic (exact) mass is 236 g/mol. The van der Waals surface area contributed by atoms with Crippen molar-refractivity contribution in [2.75, 3.05) is 0 Å². The maximum Gasteiger partial charge on any atom is 0.339 e. The van der Waals surface area contributed by atoms with Crippen LogP contribution in [0.3, 0.4) is 0 Å². The molecule has 0 radical (unpaired) electrons. The second-order valence-corrected chi connectivity index (χ2v) is 3.72. The third-order valence-electron chi connectivity index (χ3n) is 2.32. The lowest BCUT2D eigenvalue weighted by molar-refractivity contribution is 0.0696. The third kappa shape index (κ3) is 1.67. The lowest BCUT2D eigenvalue weighted by Crippen LogP contribution is -2.02. The van der Waals surface area contributed by atoms with Crippen LogP contribution in [0.25, 0.3) is 5.69 Å². The fraction of sp³-hybridized carbons (Fsp3) is 0.0909. The standard InChI is InChI=1S/C11H9ClN2O2/c1-7-8(11(15)16)6-13-14(7)10-5-3-2-4-9(10)12/h2-6H,1H3,(H,15,16). The first kappa shape index (κ1) is 10.7. The van der Waals surface area contributed by atoms with Gasteiger partial charge in [0.1, 0.15) is 5.56 Å². The van der Waals surface area contributed by atoms with Crippen LogP contribution in [0.5, 0.6) is 0 Å². The van der Waals surface area contributed by atoms with Gasteiger partial charge in [0.2, 0.25) is 0 Å². The summed E-state index contributed by atoms with van der Waals surface area (Å²) in [4.78, 5) is 10.9. The molecule has 2 aromatic rings. The molecule has 0 atom stereocenters. The first-order valence-electron chi connectivity index (χ1n) is 4.64. The van der Waals surface area contributed by atoms with Crippen molar-refractivity contribution in [1.29, 1.82) is 0 Å². The van der Waals surface area contributed by atoms with Crippen molar-refractivity contribution < 1.29 is 9.90 Å². The molecule has 0 amide bonds. The lowest BCUT2D eigenvalue weighted by atomic mass is 10.2. The molecule has 1 N–H and O–H groups in total. The van der Waals surface area contributed by atoms with Gasteiger partial charge in [-0.2, -0.15) is 5.10 Å². The molecule has 5 heteroatoms. The van der Waals surface area contributed by atoms with Crippen LogP contribution in [-0.2, 0) is 0 Å². The summed E-state index contributed by atoms with van der Waals surface area (Å²) < 4.78 is 1.52. The molecule has 0 saturated heterocycles. The fourth-order valence-electron chi connectivity index (χ4n) is 1.49. The van der Waals surface area contributed by atoms with Crippen LogP contribution in [0.1, 0.15) is 16.1 Å². The van der Waals surface area contributed by atoms with E-state index in [-0.39, 0.29) is 5.56 Å². The van der Waals surface area contributed by atoms with Crippen LogP contribution in [0.15, 0.2) is 30.5 Å². The number of aromatic nitrogens is 2. The van der Waals surface area contributed by atoms with Gasteiger partial charge in [0.25, 0.3) is 0 Å². The summed E-state index contributed by atoms with van der Waals surface area (Å²) in [5, 5.41) is 13.5. The minimum Gasteiger partial charge on any atom is -0.478 e. The first-order valence-corrected chi connectivity index (χ1v) is 5.02. The van der Waals surface area contributed by atoms with Gasteiger partial charge in [-0.15, -0.1) is 0 Å². The molecule has 0 unspecified atom stereocenters. The number of nitrogens with zero attached hydrogens (tertiary/aromatic N) is 2. The highest BCUT2D eigenvalue weighted by Gasteiger charge is 2.14. The average molecular weight is 237 g/mol. The number of rotatable bonds is 2. The molecule has 4 nitrogen and oxygen atoms in total. The summed E-state index contributed by atoms with van der Waals surface area (Å²) >= 11 is 6.01. The van der Waals surface area contributed by atoms with E-state index in [4.69, 9.17) is 16.7 Å². The van der Waals surface area contributed by atoms with Crippen molar-refractivity contribution in [3.8, 4) is 5.69 Å². The van der Waals surface area contributed by atoms with Crippen molar-refractivity contribution in [2.45, 2.75) is 6.92 Å². The maximum absolute atomic E-state index is 10.9. The van der Waals surface area contributed by atoms with Crippen LogP contribution < -0.4 is 0 Å². The molecule has 0 aliphatic rings. The van der Waals surface area contributed by atoms with Gasteiger partial charge in [0.05, 0.1) is 22.6 Å². The Labute approximate surface area is 97.1 Å². The predicted octanol–water partition coefficient (Wildman–Crippen LogP) is 2.53. The van der Waals surface area contributed by atoms with Gasteiger partial charge in [-0.3, -0.25) is 0 Å². The van der Waals surface area contributed by atoms with Crippen LogP contribution in [0.2, 0.25) is 5.02 Å². The number of benzene rings is 1. The Kier molecular flexibility index (Phi) is 2.66. The number of para-hydroxylation sites is 1. The van der Waals surface area contributed by atoms with Crippen molar-refractivity contribution in [2.24, 2.45) is 0 Å².